The van der Waals surface area contributed by atoms with Crippen molar-refractivity contribution in [3.63, 3.8) is 0 Å². The van der Waals surface area contributed by atoms with Crippen molar-refractivity contribution in [2.45, 2.75) is 50.1 Å². The molecular weight excluding hydrogens is 272 g/mol. The molecule has 1 aliphatic rings. The van der Waals surface area contributed by atoms with E-state index in [9.17, 15) is 4.39 Å². The SMILES string of the molecule is Fc1cccc(CNC2CCCCCC2Cl)c1Cl. The maximum atomic E-state index is 13.3. The van der Waals surface area contributed by atoms with Crippen molar-refractivity contribution in [2.24, 2.45) is 0 Å². The molecule has 1 N–H and O–H groups in total. The first-order valence-corrected chi connectivity index (χ1v) is 7.30. The van der Waals surface area contributed by atoms with Crippen LogP contribution in [-0.2, 0) is 6.54 Å². The molecule has 0 heterocycles. The number of hydrogen-bond acceptors (Lipinski definition) is 1. The molecule has 0 spiro atoms. The van der Waals surface area contributed by atoms with Crippen LogP contribution in [0.2, 0.25) is 5.02 Å². The average Bonchev–Trinajstić information content (AvgIpc) is 2.56. The van der Waals surface area contributed by atoms with Gasteiger partial charge in [-0.05, 0) is 24.5 Å². The van der Waals surface area contributed by atoms with Crippen LogP contribution in [0.5, 0.6) is 0 Å². The highest BCUT2D eigenvalue weighted by molar-refractivity contribution is 6.31. The first kappa shape index (κ1) is 14.1. The zero-order chi connectivity index (χ0) is 13.0. The quantitative estimate of drug-likeness (QED) is 0.638. The van der Waals surface area contributed by atoms with Crippen LogP contribution in [0.25, 0.3) is 0 Å². The van der Waals surface area contributed by atoms with Gasteiger partial charge in [-0.25, -0.2) is 4.39 Å². The molecule has 0 bridgehead atoms. The zero-order valence-electron chi connectivity index (χ0n) is 10.3. The summed E-state index contributed by atoms with van der Waals surface area (Å²) in [4.78, 5) is 0. The van der Waals surface area contributed by atoms with E-state index in [-0.39, 0.29) is 16.2 Å². The number of alkyl halides is 1. The summed E-state index contributed by atoms with van der Waals surface area (Å²) in [5.74, 6) is -0.362. The lowest BCUT2D eigenvalue weighted by atomic mass is 10.1. The molecule has 0 amide bonds. The minimum absolute atomic E-state index is 0.167. The highest BCUT2D eigenvalue weighted by Gasteiger charge is 2.21. The van der Waals surface area contributed by atoms with E-state index in [4.69, 9.17) is 23.2 Å². The van der Waals surface area contributed by atoms with Crippen LogP contribution in [0.3, 0.4) is 0 Å². The van der Waals surface area contributed by atoms with Gasteiger partial charge in [0.25, 0.3) is 0 Å². The molecule has 1 nitrogen and oxygen atoms in total. The van der Waals surface area contributed by atoms with Crippen LogP contribution in [0.15, 0.2) is 18.2 Å². The molecule has 100 valence electrons. The van der Waals surface area contributed by atoms with Crippen LogP contribution in [-0.4, -0.2) is 11.4 Å². The number of benzene rings is 1. The average molecular weight is 290 g/mol. The van der Waals surface area contributed by atoms with Crippen LogP contribution >= 0.6 is 23.2 Å². The van der Waals surface area contributed by atoms with E-state index in [2.05, 4.69) is 5.32 Å². The van der Waals surface area contributed by atoms with E-state index < -0.39 is 0 Å². The molecule has 1 aliphatic carbocycles. The second kappa shape index (κ2) is 6.74. The molecule has 4 heteroatoms. The Morgan fingerprint density at radius 3 is 2.83 bits per heavy atom. The van der Waals surface area contributed by atoms with Gasteiger partial charge in [0.2, 0.25) is 0 Å². The summed E-state index contributed by atoms with van der Waals surface area (Å²) in [6.45, 7) is 0.574. The van der Waals surface area contributed by atoms with Crippen LogP contribution in [0.1, 0.15) is 37.7 Å². The maximum absolute atomic E-state index is 13.3. The third-order valence-corrected chi connectivity index (χ3v) is 4.46. The van der Waals surface area contributed by atoms with Gasteiger partial charge >= 0.3 is 0 Å². The molecular formula is C14H18Cl2FN. The maximum Gasteiger partial charge on any atom is 0.142 e. The number of hydrogen-bond donors (Lipinski definition) is 1. The van der Waals surface area contributed by atoms with E-state index in [1.807, 2.05) is 6.07 Å². The molecule has 0 aromatic heterocycles. The summed E-state index contributed by atoms with van der Waals surface area (Å²) >= 11 is 12.3. The largest absolute Gasteiger partial charge is 0.308 e. The molecule has 2 atom stereocenters. The van der Waals surface area contributed by atoms with Gasteiger partial charge in [0, 0.05) is 18.0 Å². The van der Waals surface area contributed by atoms with Crippen LogP contribution in [0, 0.1) is 5.82 Å². The minimum Gasteiger partial charge on any atom is -0.308 e. The van der Waals surface area contributed by atoms with E-state index in [0.29, 0.717) is 12.6 Å². The van der Waals surface area contributed by atoms with E-state index >= 15 is 0 Å². The number of halogens is 3. The van der Waals surface area contributed by atoms with E-state index in [1.165, 1.54) is 25.3 Å². The van der Waals surface area contributed by atoms with Crippen molar-refractivity contribution < 1.29 is 4.39 Å². The molecule has 0 radical (unpaired) electrons. The van der Waals surface area contributed by atoms with Crippen molar-refractivity contribution >= 4 is 23.2 Å². The number of nitrogens with one attached hydrogen (secondary N) is 1. The lowest BCUT2D eigenvalue weighted by Gasteiger charge is -2.21. The molecule has 2 rings (SSSR count). The molecule has 18 heavy (non-hydrogen) atoms. The molecule has 1 fully saturated rings. The summed E-state index contributed by atoms with van der Waals surface area (Å²) in [5, 5.41) is 3.79. The Bertz CT molecular complexity index is 397. The van der Waals surface area contributed by atoms with Gasteiger partial charge in [0.05, 0.1) is 5.02 Å². The van der Waals surface area contributed by atoms with E-state index in [0.717, 1.165) is 18.4 Å². The van der Waals surface area contributed by atoms with Crippen molar-refractivity contribution in [3.05, 3.63) is 34.6 Å². The second-order valence-electron chi connectivity index (χ2n) is 4.85. The normalized spacial score (nSPS) is 24.8. The lowest BCUT2D eigenvalue weighted by Crippen LogP contribution is -2.35. The Balaban J connectivity index is 1.95. The van der Waals surface area contributed by atoms with Crippen molar-refractivity contribution in [2.75, 3.05) is 0 Å². The predicted molar refractivity (Wildman–Crippen MR) is 74.8 cm³/mol. The van der Waals surface area contributed by atoms with Gasteiger partial charge in [-0.3, -0.25) is 0 Å². The Morgan fingerprint density at radius 2 is 2.00 bits per heavy atom. The van der Waals surface area contributed by atoms with Crippen molar-refractivity contribution in [1.29, 1.82) is 0 Å². The predicted octanol–water partition coefficient (Wildman–Crippen LogP) is 4.51. The molecule has 2 unspecified atom stereocenters. The van der Waals surface area contributed by atoms with Gasteiger partial charge < -0.3 is 5.32 Å². The highest BCUT2D eigenvalue weighted by atomic mass is 35.5. The lowest BCUT2D eigenvalue weighted by molar-refractivity contribution is 0.464. The fourth-order valence-corrected chi connectivity index (χ4v) is 2.98. The first-order valence-electron chi connectivity index (χ1n) is 6.49. The third kappa shape index (κ3) is 3.59. The van der Waals surface area contributed by atoms with Gasteiger partial charge in [-0.15, -0.1) is 11.6 Å². The van der Waals surface area contributed by atoms with Gasteiger partial charge in [0.15, 0.2) is 0 Å². The molecule has 0 aliphatic heterocycles. The van der Waals surface area contributed by atoms with Crippen LogP contribution < -0.4 is 5.32 Å². The van der Waals surface area contributed by atoms with Gasteiger partial charge in [-0.2, -0.15) is 0 Å². The van der Waals surface area contributed by atoms with Crippen LogP contribution in [0.4, 0.5) is 4.39 Å². The molecule has 1 saturated carbocycles. The Labute approximate surface area is 118 Å². The fourth-order valence-electron chi connectivity index (χ4n) is 2.42. The summed E-state index contributed by atoms with van der Waals surface area (Å²) in [6, 6.07) is 5.21. The monoisotopic (exact) mass is 289 g/mol. The minimum atomic E-state index is -0.362. The summed E-state index contributed by atoms with van der Waals surface area (Å²) in [5.41, 5.74) is 0.796. The Kier molecular flexibility index (Phi) is 5.28. The summed E-state index contributed by atoms with van der Waals surface area (Å²) < 4.78 is 13.3. The molecule has 0 saturated heterocycles. The summed E-state index contributed by atoms with van der Waals surface area (Å²) in [6.07, 6.45) is 5.80. The zero-order valence-corrected chi connectivity index (χ0v) is 11.8. The molecule has 1 aromatic rings. The fraction of sp³-hybridized carbons (Fsp3) is 0.571. The smallest absolute Gasteiger partial charge is 0.142 e. The highest BCUT2D eigenvalue weighted by Crippen LogP contribution is 2.24. The van der Waals surface area contributed by atoms with Crippen molar-refractivity contribution in [1.82, 2.24) is 5.32 Å². The first-order chi connectivity index (χ1) is 8.68. The molecule has 1 aromatic carbocycles. The topological polar surface area (TPSA) is 12.0 Å². The Morgan fingerprint density at radius 1 is 1.22 bits per heavy atom. The third-order valence-electron chi connectivity index (χ3n) is 3.52. The number of rotatable bonds is 3. The van der Waals surface area contributed by atoms with Gasteiger partial charge in [0.1, 0.15) is 5.82 Å². The van der Waals surface area contributed by atoms with Crippen molar-refractivity contribution in [3.8, 4) is 0 Å². The standard InChI is InChI=1S/C14H18Cl2FN/c15-11-6-2-1-3-8-13(11)18-9-10-5-4-7-12(17)14(10)16/h4-5,7,11,13,18H,1-3,6,8-9H2. The summed E-state index contributed by atoms with van der Waals surface area (Å²) in [7, 11) is 0. The Hall–Kier alpha value is -0.310. The van der Waals surface area contributed by atoms with Gasteiger partial charge in [-0.1, -0.05) is 43.0 Å². The second-order valence-corrected chi connectivity index (χ2v) is 5.79. The van der Waals surface area contributed by atoms with E-state index in [1.54, 1.807) is 6.07 Å².